The molecule has 0 aliphatic rings. The van der Waals surface area contributed by atoms with Crippen LogP contribution in [-0.2, 0) is 27.9 Å². The highest BCUT2D eigenvalue weighted by atomic mass is 31.2. The molecular weight excluding hydrogens is 655 g/mol. The SMILES string of the molecule is CCCCCCCCCCCCCCCCCCCCCOCC(COP(=O)(O)OCC(O)CO)OC(=O)CCCCCCCCCCCC. The molecule has 0 fully saturated rings. The molecule has 0 aliphatic heterocycles. The summed E-state index contributed by atoms with van der Waals surface area (Å²) >= 11 is 0. The van der Waals surface area contributed by atoms with Crippen molar-refractivity contribution in [3.8, 4) is 0 Å². The van der Waals surface area contributed by atoms with Crippen molar-refractivity contribution >= 4 is 13.8 Å². The van der Waals surface area contributed by atoms with Crippen molar-refractivity contribution in [2.45, 2.75) is 219 Å². The Bertz CT molecular complexity index is 754. The predicted molar refractivity (Wildman–Crippen MR) is 205 cm³/mol. The van der Waals surface area contributed by atoms with Crippen LogP contribution >= 0.6 is 7.82 Å². The van der Waals surface area contributed by atoms with E-state index in [1.807, 2.05) is 0 Å². The van der Waals surface area contributed by atoms with E-state index in [0.717, 1.165) is 32.1 Å². The van der Waals surface area contributed by atoms with Gasteiger partial charge in [-0.05, 0) is 12.8 Å². The van der Waals surface area contributed by atoms with Crippen molar-refractivity contribution < 1.29 is 43.0 Å². The summed E-state index contributed by atoms with van der Waals surface area (Å²) in [6, 6.07) is 0. The number of carbonyl (C=O) groups excluding carboxylic acids is 1. The van der Waals surface area contributed by atoms with Crippen LogP contribution in [0.15, 0.2) is 0 Å². The molecule has 0 aromatic heterocycles. The zero-order valence-corrected chi connectivity index (χ0v) is 33.5. The van der Waals surface area contributed by atoms with E-state index in [9.17, 15) is 19.4 Å². The Morgan fingerprint density at radius 3 is 1.30 bits per heavy atom. The summed E-state index contributed by atoms with van der Waals surface area (Å²) < 4.78 is 33.3. The number of unbranched alkanes of at least 4 members (excludes halogenated alkanes) is 27. The minimum Gasteiger partial charge on any atom is -0.457 e. The summed E-state index contributed by atoms with van der Waals surface area (Å²) in [5, 5.41) is 18.3. The minimum absolute atomic E-state index is 0.0576. The molecule has 50 heavy (non-hydrogen) atoms. The third-order valence-electron chi connectivity index (χ3n) is 9.29. The summed E-state index contributed by atoms with van der Waals surface area (Å²) in [5.74, 6) is -0.380. The summed E-state index contributed by atoms with van der Waals surface area (Å²) in [6.45, 7) is 3.55. The number of ether oxygens (including phenoxy) is 2. The van der Waals surface area contributed by atoms with Gasteiger partial charge < -0.3 is 24.6 Å². The Kier molecular flexibility index (Phi) is 37.8. The van der Waals surface area contributed by atoms with Crippen LogP contribution in [0, 0.1) is 0 Å². The molecule has 0 spiro atoms. The zero-order chi connectivity index (χ0) is 36.8. The van der Waals surface area contributed by atoms with Crippen molar-refractivity contribution in [2.75, 3.05) is 33.0 Å². The van der Waals surface area contributed by atoms with Gasteiger partial charge in [0.25, 0.3) is 0 Å². The molecule has 3 N–H and O–H groups in total. The van der Waals surface area contributed by atoms with Gasteiger partial charge in [-0.1, -0.05) is 187 Å². The van der Waals surface area contributed by atoms with Gasteiger partial charge in [0.1, 0.15) is 12.2 Å². The van der Waals surface area contributed by atoms with Crippen LogP contribution in [0.25, 0.3) is 0 Å². The zero-order valence-electron chi connectivity index (χ0n) is 32.6. The molecule has 3 atom stereocenters. The molecule has 0 amide bonds. The summed E-state index contributed by atoms with van der Waals surface area (Å²) in [7, 11) is -4.50. The van der Waals surface area contributed by atoms with E-state index in [4.69, 9.17) is 23.6 Å². The van der Waals surface area contributed by atoms with Crippen molar-refractivity contribution in [3.63, 3.8) is 0 Å². The third-order valence-corrected chi connectivity index (χ3v) is 10.2. The molecule has 300 valence electrons. The maximum atomic E-state index is 12.5. The quantitative estimate of drug-likeness (QED) is 0.0319. The maximum Gasteiger partial charge on any atom is 0.472 e. The van der Waals surface area contributed by atoms with Gasteiger partial charge >= 0.3 is 13.8 Å². The van der Waals surface area contributed by atoms with E-state index in [1.54, 1.807) is 0 Å². The van der Waals surface area contributed by atoms with Crippen LogP contribution in [0.4, 0.5) is 0 Å². The van der Waals surface area contributed by atoms with E-state index in [0.29, 0.717) is 6.61 Å². The highest BCUT2D eigenvalue weighted by Gasteiger charge is 2.26. The van der Waals surface area contributed by atoms with Crippen LogP contribution in [0.1, 0.15) is 206 Å². The van der Waals surface area contributed by atoms with Crippen molar-refractivity contribution in [3.05, 3.63) is 0 Å². The first-order valence-electron chi connectivity index (χ1n) is 21.0. The average Bonchev–Trinajstić information content (AvgIpc) is 3.10. The number of phosphoric ester groups is 1. The monoisotopic (exact) mass is 737 g/mol. The second-order valence-electron chi connectivity index (χ2n) is 14.4. The molecular formula is C40H81O9P. The lowest BCUT2D eigenvalue weighted by molar-refractivity contribution is -0.154. The molecule has 0 radical (unpaired) electrons. The Hall–Kier alpha value is -0.540. The van der Waals surface area contributed by atoms with E-state index in [2.05, 4.69) is 13.8 Å². The Morgan fingerprint density at radius 1 is 0.540 bits per heavy atom. The van der Waals surface area contributed by atoms with Crippen molar-refractivity contribution in [1.29, 1.82) is 0 Å². The number of esters is 1. The molecule has 0 aromatic carbocycles. The van der Waals surface area contributed by atoms with Crippen LogP contribution in [0.3, 0.4) is 0 Å². The Balaban J connectivity index is 4.05. The van der Waals surface area contributed by atoms with Crippen molar-refractivity contribution in [2.24, 2.45) is 0 Å². The van der Waals surface area contributed by atoms with Gasteiger partial charge in [-0.15, -0.1) is 0 Å². The summed E-state index contributed by atoms with van der Waals surface area (Å²) in [4.78, 5) is 22.5. The molecule has 0 aliphatic carbocycles. The normalized spacial score (nSPS) is 14.1. The number of aliphatic hydroxyl groups is 2. The first-order valence-corrected chi connectivity index (χ1v) is 22.5. The molecule has 9 nitrogen and oxygen atoms in total. The summed E-state index contributed by atoms with van der Waals surface area (Å²) in [6.07, 6.45) is 34.9. The molecule has 0 aromatic rings. The van der Waals surface area contributed by atoms with Gasteiger partial charge in [0.05, 0.1) is 26.4 Å². The van der Waals surface area contributed by atoms with E-state index in [1.165, 1.54) is 154 Å². The fourth-order valence-electron chi connectivity index (χ4n) is 6.06. The van der Waals surface area contributed by atoms with Gasteiger partial charge in [0.15, 0.2) is 0 Å². The van der Waals surface area contributed by atoms with E-state index < -0.39 is 33.2 Å². The third kappa shape index (κ3) is 37.2. The van der Waals surface area contributed by atoms with Crippen LogP contribution in [0.5, 0.6) is 0 Å². The van der Waals surface area contributed by atoms with Crippen molar-refractivity contribution in [1.82, 2.24) is 0 Å². The first-order chi connectivity index (χ1) is 24.3. The van der Waals surface area contributed by atoms with E-state index >= 15 is 0 Å². The number of aliphatic hydroxyl groups excluding tert-OH is 2. The second-order valence-corrected chi connectivity index (χ2v) is 15.8. The van der Waals surface area contributed by atoms with Crippen LogP contribution < -0.4 is 0 Å². The lowest BCUT2D eigenvalue weighted by atomic mass is 10.0. The number of rotatable bonds is 41. The van der Waals surface area contributed by atoms with Gasteiger partial charge in [-0.2, -0.15) is 0 Å². The minimum atomic E-state index is -4.50. The number of carbonyl (C=O) groups is 1. The Morgan fingerprint density at radius 2 is 0.900 bits per heavy atom. The second kappa shape index (κ2) is 38.2. The van der Waals surface area contributed by atoms with Gasteiger partial charge in [0.2, 0.25) is 0 Å². The predicted octanol–water partition coefficient (Wildman–Crippen LogP) is 11.1. The van der Waals surface area contributed by atoms with Crippen LogP contribution in [0.2, 0.25) is 0 Å². The molecule has 3 unspecified atom stereocenters. The highest BCUT2D eigenvalue weighted by Crippen LogP contribution is 2.43. The molecule has 10 heteroatoms. The van der Waals surface area contributed by atoms with Gasteiger partial charge in [-0.3, -0.25) is 13.8 Å². The van der Waals surface area contributed by atoms with Crippen LogP contribution in [-0.4, -0.2) is 66.3 Å². The van der Waals surface area contributed by atoms with Gasteiger partial charge in [0, 0.05) is 13.0 Å². The number of hydrogen-bond donors (Lipinski definition) is 3. The highest BCUT2D eigenvalue weighted by molar-refractivity contribution is 7.47. The van der Waals surface area contributed by atoms with Gasteiger partial charge in [-0.25, -0.2) is 4.57 Å². The largest absolute Gasteiger partial charge is 0.472 e. The molecule has 0 saturated carbocycles. The molecule has 0 heterocycles. The number of phosphoric acid groups is 1. The van der Waals surface area contributed by atoms with E-state index in [-0.39, 0.29) is 25.6 Å². The lowest BCUT2D eigenvalue weighted by Crippen LogP contribution is -2.29. The number of hydrogen-bond acceptors (Lipinski definition) is 8. The Labute approximate surface area is 308 Å². The topological polar surface area (TPSA) is 132 Å². The molecule has 0 bridgehead atoms. The average molecular weight is 737 g/mol. The molecule has 0 rings (SSSR count). The first kappa shape index (κ1) is 49.5. The smallest absolute Gasteiger partial charge is 0.457 e. The summed E-state index contributed by atoms with van der Waals surface area (Å²) in [5.41, 5.74) is 0. The fraction of sp³-hybridized carbons (Fsp3) is 0.975. The fourth-order valence-corrected chi connectivity index (χ4v) is 6.85. The standard InChI is InChI=1S/C40H81O9P/c1-3-5-7-9-11-13-15-16-17-18-19-20-21-22-23-25-27-29-31-33-46-36-39(37-48-50(44,45)47-35-38(42)34-41)49-40(43)32-30-28-26-24-14-12-10-8-6-4-2/h38-39,41-42H,3-37H2,1-2H3,(H,44,45). The molecule has 0 saturated heterocycles. The lowest BCUT2D eigenvalue weighted by Gasteiger charge is -2.20. The maximum absolute atomic E-state index is 12.5.